The molecular weight excluding hydrogens is 430 g/mol. The molecule has 7 heteroatoms. The zero-order valence-electron chi connectivity index (χ0n) is 19.8. The Hall–Kier alpha value is -2.25. The van der Waals surface area contributed by atoms with Crippen molar-refractivity contribution in [1.82, 2.24) is 15.5 Å². The summed E-state index contributed by atoms with van der Waals surface area (Å²) in [6.07, 6.45) is 12.4. The highest BCUT2D eigenvalue weighted by Gasteiger charge is 2.40. The fraction of sp³-hybridized carbons (Fsp3) is 0.667. The van der Waals surface area contributed by atoms with Crippen molar-refractivity contribution in [1.29, 1.82) is 0 Å². The lowest BCUT2D eigenvalue weighted by molar-refractivity contribution is -0.136. The Morgan fingerprint density at radius 2 is 1.79 bits per heavy atom. The first kappa shape index (κ1) is 22.2. The number of carbonyl (C=O) groups is 3. The average Bonchev–Trinajstić information content (AvgIpc) is 3.33. The van der Waals surface area contributed by atoms with Crippen LogP contribution in [0.1, 0.15) is 85.7 Å². The zero-order chi connectivity index (χ0) is 23.2. The third-order valence-corrected chi connectivity index (χ3v) is 8.74. The van der Waals surface area contributed by atoms with Crippen LogP contribution < -0.4 is 10.6 Å². The number of rotatable bonds is 5. The molecule has 1 aliphatic carbocycles. The summed E-state index contributed by atoms with van der Waals surface area (Å²) < 4.78 is 6.04. The molecule has 4 fully saturated rings. The van der Waals surface area contributed by atoms with E-state index in [1.165, 1.54) is 44.1 Å². The maximum Gasteiger partial charge on any atom is 0.255 e. The summed E-state index contributed by atoms with van der Waals surface area (Å²) in [5.74, 6) is -0.0925. The molecule has 0 radical (unpaired) electrons. The van der Waals surface area contributed by atoms with Crippen LogP contribution in [0, 0.1) is 5.92 Å². The lowest BCUT2D eigenvalue weighted by Gasteiger charge is -2.38. The van der Waals surface area contributed by atoms with Crippen molar-refractivity contribution >= 4 is 17.7 Å². The molecule has 0 aromatic heterocycles. The maximum absolute atomic E-state index is 13.0. The van der Waals surface area contributed by atoms with E-state index in [-0.39, 0.29) is 24.1 Å². The van der Waals surface area contributed by atoms with Gasteiger partial charge in [-0.3, -0.25) is 19.7 Å². The molecule has 3 saturated heterocycles. The molecular formula is C27H35N3O4. The smallest absolute Gasteiger partial charge is 0.255 e. The summed E-state index contributed by atoms with van der Waals surface area (Å²) >= 11 is 0. The minimum absolute atomic E-state index is 0.0950. The Bertz CT molecular complexity index is 982. The van der Waals surface area contributed by atoms with Crippen LogP contribution in [0.25, 0.3) is 0 Å². The van der Waals surface area contributed by atoms with E-state index < -0.39 is 6.04 Å². The molecule has 7 nitrogen and oxygen atoms in total. The van der Waals surface area contributed by atoms with Gasteiger partial charge in [0.25, 0.3) is 5.91 Å². The molecule has 4 aliphatic heterocycles. The summed E-state index contributed by atoms with van der Waals surface area (Å²) in [6.45, 7) is 0.450. The van der Waals surface area contributed by atoms with Gasteiger partial charge >= 0.3 is 0 Å². The minimum Gasteiger partial charge on any atom is -0.375 e. The Morgan fingerprint density at radius 1 is 1.00 bits per heavy atom. The molecule has 0 spiro atoms. The second-order valence-corrected chi connectivity index (χ2v) is 11.0. The van der Waals surface area contributed by atoms with Crippen LogP contribution in [0.15, 0.2) is 18.2 Å². The Balaban J connectivity index is 1.12. The van der Waals surface area contributed by atoms with Crippen molar-refractivity contribution in [3.63, 3.8) is 0 Å². The molecule has 34 heavy (non-hydrogen) atoms. The number of ether oxygens (including phenoxy) is 1. The molecule has 2 N–H and O–H groups in total. The zero-order valence-corrected chi connectivity index (χ0v) is 19.8. The van der Waals surface area contributed by atoms with Crippen LogP contribution in [0.2, 0.25) is 0 Å². The summed E-state index contributed by atoms with van der Waals surface area (Å²) in [4.78, 5) is 38.5. The summed E-state index contributed by atoms with van der Waals surface area (Å²) in [7, 11) is 0. The number of imide groups is 1. The molecule has 4 unspecified atom stereocenters. The first-order valence-electron chi connectivity index (χ1n) is 13.2. The fourth-order valence-electron chi connectivity index (χ4n) is 7.03. The predicted octanol–water partition coefficient (Wildman–Crippen LogP) is 2.85. The number of benzene rings is 1. The van der Waals surface area contributed by atoms with Gasteiger partial charge in [0.15, 0.2) is 0 Å². The lowest BCUT2D eigenvalue weighted by atomic mass is 9.79. The van der Waals surface area contributed by atoms with Crippen molar-refractivity contribution in [3.05, 3.63) is 34.9 Å². The van der Waals surface area contributed by atoms with E-state index in [1.54, 1.807) is 4.90 Å². The van der Waals surface area contributed by atoms with Crippen molar-refractivity contribution in [3.8, 4) is 0 Å². The number of piperidine rings is 1. The topological polar surface area (TPSA) is 87.7 Å². The molecule has 5 aliphatic rings. The average molecular weight is 466 g/mol. The molecule has 1 saturated carbocycles. The van der Waals surface area contributed by atoms with Crippen molar-refractivity contribution in [2.75, 3.05) is 0 Å². The summed E-state index contributed by atoms with van der Waals surface area (Å²) in [5.41, 5.74) is 2.99. The van der Waals surface area contributed by atoms with Gasteiger partial charge < -0.3 is 15.0 Å². The standard InChI is InChI=1S/C27H35N3O4/c31-25-10-9-24(26(32)29-25)30-15-18-12-16(5-8-22(18)27(30)33)11-17-3-1-2-4-23(17)28-19-13-20-6-7-21(14-19)34-20/h5,8,12,17,19-21,23-24,28H,1-4,6-7,9-11,13-15H2,(H,29,31,32)/t17-,19?,20?,21?,23?,24?/m1/s1. The van der Waals surface area contributed by atoms with Crippen LogP contribution in [0.5, 0.6) is 0 Å². The van der Waals surface area contributed by atoms with E-state index in [9.17, 15) is 14.4 Å². The largest absolute Gasteiger partial charge is 0.375 e. The molecule has 5 atom stereocenters. The number of carbonyl (C=O) groups excluding carboxylic acids is 3. The second-order valence-electron chi connectivity index (χ2n) is 11.0. The van der Waals surface area contributed by atoms with Crippen molar-refractivity contribution < 1.29 is 19.1 Å². The molecule has 4 heterocycles. The predicted molar refractivity (Wildman–Crippen MR) is 126 cm³/mol. The van der Waals surface area contributed by atoms with Gasteiger partial charge in [-0.25, -0.2) is 0 Å². The van der Waals surface area contributed by atoms with Gasteiger partial charge in [0.1, 0.15) is 6.04 Å². The second kappa shape index (κ2) is 9.08. The van der Waals surface area contributed by atoms with Crippen LogP contribution in [0.4, 0.5) is 0 Å². The van der Waals surface area contributed by atoms with E-state index in [0.29, 0.717) is 48.7 Å². The molecule has 2 bridgehead atoms. The monoisotopic (exact) mass is 465 g/mol. The van der Waals surface area contributed by atoms with Crippen LogP contribution in [-0.2, 0) is 27.3 Å². The number of nitrogens with one attached hydrogen (secondary N) is 2. The van der Waals surface area contributed by atoms with Crippen LogP contribution in [0.3, 0.4) is 0 Å². The Morgan fingerprint density at radius 3 is 2.59 bits per heavy atom. The van der Waals surface area contributed by atoms with E-state index in [2.05, 4.69) is 22.8 Å². The Kier molecular flexibility index (Phi) is 5.94. The van der Waals surface area contributed by atoms with E-state index in [0.717, 1.165) is 24.8 Å². The number of nitrogens with zero attached hydrogens (tertiary/aromatic N) is 1. The Labute approximate surface area is 201 Å². The van der Waals surface area contributed by atoms with E-state index in [4.69, 9.17) is 4.74 Å². The number of hydrogen-bond acceptors (Lipinski definition) is 5. The van der Waals surface area contributed by atoms with Crippen molar-refractivity contribution in [2.45, 2.75) is 108 Å². The third-order valence-electron chi connectivity index (χ3n) is 8.74. The van der Waals surface area contributed by atoms with Gasteiger partial charge in [-0.2, -0.15) is 0 Å². The van der Waals surface area contributed by atoms with Gasteiger partial charge in [0.05, 0.1) is 12.2 Å². The molecule has 6 rings (SSSR count). The van der Waals surface area contributed by atoms with Crippen LogP contribution in [-0.4, -0.2) is 53.0 Å². The molecule has 1 aromatic carbocycles. The number of fused-ring (bicyclic) bond motifs is 3. The highest BCUT2D eigenvalue weighted by atomic mass is 16.5. The SMILES string of the molecule is O=C1CCC(N2Cc3cc(C[C@H]4CCCCC4NC4CC5CCC(C4)O5)ccc3C2=O)C(=O)N1. The van der Waals surface area contributed by atoms with Crippen molar-refractivity contribution in [2.24, 2.45) is 5.92 Å². The maximum atomic E-state index is 13.0. The first-order chi connectivity index (χ1) is 16.5. The lowest BCUT2D eigenvalue weighted by Crippen LogP contribution is -2.52. The number of amides is 3. The minimum atomic E-state index is -0.553. The highest BCUT2D eigenvalue weighted by Crippen LogP contribution is 2.35. The first-order valence-corrected chi connectivity index (χ1v) is 13.2. The molecule has 1 aromatic rings. The van der Waals surface area contributed by atoms with Crippen LogP contribution >= 0.6 is 0 Å². The van der Waals surface area contributed by atoms with Gasteiger partial charge in [0, 0.05) is 30.6 Å². The van der Waals surface area contributed by atoms with Gasteiger partial charge in [0.2, 0.25) is 11.8 Å². The van der Waals surface area contributed by atoms with Gasteiger partial charge in [-0.15, -0.1) is 0 Å². The van der Waals surface area contributed by atoms with E-state index >= 15 is 0 Å². The third kappa shape index (κ3) is 4.29. The quantitative estimate of drug-likeness (QED) is 0.653. The normalized spacial score (nSPS) is 35.4. The van der Waals surface area contributed by atoms with E-state index in [1.807, 2.05) is 6.07 Å². The van der Waals surface area contributed by atoms with Gasteiger partial charge in [-0.05, 0) is 74.5 Å². The highest BCUT2D eigenvalue weighted by molar-refractivity contribution is 6.05. The molecule has 3 amide bonds. The molecule has 182 valence electrons. The summed E-state index contributed by atoms with van der Waals surface area (Å²) in [6, 6.07) is 6.80. The number of hydrogen-bond donors (Lipinski definition) is 2. The summed E-state index contributed by atoms with van der Waals surface area (Å²) in [5, 5.41) is 6.41. The van der Waals surface area contributed by atoms with Gasteiger partial charge in [-0.1, -0.05) is 25.0 Å². The fourth-order valence-corrected chi connectivity index (χ4v) is 7.03.